The number of carbonyl (C=O) groups is 1. The molecule has 5 heteroatoms. The Balaban J connectivity index is 1.82. The number of allylic oxidation sites excluding steroid dienone is 1. The molecule has 1 unspecified atom stereocenters. The van der Waals surface area contributed by atoms with Crippen LogP contribution in [0.1, 0.15) is 18.1 Å². The third-order valence-electron chi connectivity index (χ3n) is 4.19. The molecule has 3 N–H and O–H groups in total. The molecular formula is C20H18FNO3. The molecule has 0 saturated carbocycles. The number of aliphatic hydroxyl groups is 1. The number of hydrogen-bond donors (Lipinski definition) is 3. The van der Waals surface area contributed by atoms with Crippen LogP contribution in [0.2, 0.25) is 0 Å². The van der Waals surface area contributed by atoms with Crippen molar-refractivity contribution in [2.45, 2.75) is 19.4 Å². The van der Waals surface area contributed by atoms with E-state index in [1.165, 1.54) is 30.5 Å². The van der Waals surface area contributed by atoms with Crippen LogP contribution in [-0.4, -0.2) is 22.1 Å². The summed E-state index contributed by atoms with van der Waals surface area (Å²) >= 11 is 0. The Morgan fingerprint density at radius 2 is 1.76 bits per heavy atom. The average molecular weight is 339 g/mol. The predicted molar refractivity (Wildman–Crippen MR) is 93.0 cm³/mol. The summed E-state index contributed by atoms with van der Waals surface area (Å²) in [7, 11) is 0. The summed E-state index contributed by atoms with van der Waals surface area (Å²) in [5.41, 5.74) is 2.90. The second-order valence-electron chi connectivity index (χ2n) is 5.96. The Labute approximate surface area is 144 Å². The molecular weight excluding hydrogens is 321 g/mol. The van der Waals surface area contributed by atoms with Gasteiger partial charge in [-0.05, 0) is 42.3 Å². The highest BCUT2D eigenvalue weighted by atomic mass is 19.1. The molecule has 0 spiro atoms. The summed E-state index contributed by atoms with van der Waals surface area (Å²) in [6.45, 7) is 1.79. The van der Waals surface area contributed by atoms with E-state index in [2.05, 4.69) is 5.32 Å². The van der Waals surface area contributed by atoms with Crippen molar-refractivity contribution in [3.63, 3.8) is 0 Å². The van der Waals surface area contributed by atoms with E-state index in [4.69, 9.17) is 0 Å². The molecule has 0 amide bonds. The largest absolute Gasteiger partial charge is 0.508 e. The number of halogens is 1. The number of phenolic OH excluding ortho intramolecular Hbond substituents is 1. The van der Waals surface area contributed by atoms with E-state index in [0.717, 1.165) is 5.56 Å². The number of aromatic hydroxyl groups is 1. The first-order valence-electron chi connectivity index (χ1n) is 7.88. The molecule has 1 aliphatic rings. The summed E-state index contributed by atoms with van der Waals surface area (Å²) in [5.74, 6) is -0.454. The first kappa shape index (κ1) is 16.9. The van der Waals surface area contributed by atoms with Crippen LogP contribution in [0.3, 0.4) is 0 Å². The van der Waals surface area contributed by atoms with E-state index in [1.54, 1.807) is 31.2 Å². The molecule has 0 fully saturated rings. The number of dihydropyridines is 1. The van der Waals surface area contributed by atoms with Crippen LogP contribution < -0.4 is 5.32 Å². The third-order valence-corrected chi connectivity index (χ3v) is 4.19. The lowest BCUT2D eigenvalue weighted by Gasteiger charge is -2.25. The van der Waals surface area contributed by atoms with Crippen molar-refractivity contribution in [1.82, 2.24) is 5.32 Å². The summed E-state index contributed by atoms with van der Waals surface area (Å²) in [6, 6.07) is 12.1. The minimum atomic E-state index is -1.09. The molecule has 25 heavy (non-hydrogen) atoms. The summed E-state index contributed by atoms with van der Waals surface area (Å²) in [4.78, 5) is 12.6. The quantitative estimate of drug-likeness (QED) is 0.801. The number of phenols is 1. The van der Waals surface area contributed by atoms with Gasteiger partial charge in [0, 0.05) is 29.5 Å². The van der Waals surface area contributed by atoms with Gasteiger partial charge in [0.15, 0.2) is 5.78 Å². The zero-order chi connectivity index (χ0) is 18.0. The smallest absolute Gasteiger partial charge is 0.167 e. The van der Waals surface area contributed by atoms with Gasteiger partial charge in [-0.3, -0.25) is 4.79 Å². The highest BCUT2D eigenvalue weighted by Gasteiger charge is 2.28. The van der Waals surface area contributed by atoms with Gasteiger partial charge in [0.05, 0.1) is 0 Å². The molecule has 3 rings (SSSR count). The van der Waals surface area contributed by atoms with Crippen LogP contribution >= 0.6 is 0 Å². The zero-order valence-electron chi connectivity index (χ0n) is 13.7. The van der Waals surface area contributed by atoms with E-state index >= 15 is 0 Å². The summed E-state index contributed by atoms with van der Waals surface area (Å²) < 4.78 is 13.1. The van der Waals surface area contributed by atoms with Crippen molar-refractivity contribution < 1.29 is 19.4 Å². The second kappa shape index (κ2) is 6.91. The zero-order valence-corrected chi connectivity index (χ0v) is 13.7. The Bertz CT molecular complexity index is 852. The lowest BCUT2D eigenvalue weighted by molar-refractivity contribution is -0.115. The van der Waals surface area contributed by atoms with Crippen molar-refractivity contribution in [1.29, 1.82) is 0 Å². The number of nitrogens with one attached hydrogen (secondary N) is 1. The highest BCUT2D eigenvalue weighted by Crippen LogP contribution is 2.29. The third kappa shape index (κ3) is 3.61. The SMILES string of the molecule is CC1=C(c2ccc(F)cc2)C(O)C(C(=O)Cc2ccc(O)cc2)=CN1. The van der Waals surface area contributed by atoms with Gasteiger partial charge >= 0.3 is 0 Å². The van der Waals surface area contributed by atoms with Gasteiger partial charge in [-0.2, -0.15) is 0 Å². The molecule has 1 heterocycles. The lowest BCUT2D eigenvalue weighted by Crippen LogP contribution is -2.29. The van der Waals surface area contributed by atoms with E-state index in [-0.39, 0.29) is 29.3 Å². The predicted octanol–water partition coefficient (Wildman–Crippen LogP) is 2.92. The first-order chi connectivity index (χ1) is 12.0. The highest BCUT2D eigenvalue weighted by molar-refractivity contribution is 6.01. The van der Waals surface area contributed by atoms with E-state index in [9.17, 15) is 19.4 Å². The average Bonchev–Trinajstić information content (AvgIpc) is 2.58. The molecule has 0 aliphatic carbocycles. The summed E-state index contributed by atoms with van der Waals surface area (Å²) in [6.07, 6.45) is 0.535. The number of aliphatic hydroxyl groups excluding tert-OH is 1. The van der Waals surface area contributed by atoms with E-state index in [1.807, 2.05) is 0 Å². The molecule has 1 aliphatic heterocycles. The molecule has 1 atom stereocenters. The van der Waals surface area contributed by atoms with E-state index in [0.29, 0.717) is 16.8 Å². The van der Waals surface area contributed by atoms with Crippen LogP contribution in [0.5, 0.6) is 5.75 Å². The standard InChI is InChI=1S/C20H18FNO3/c1-12-19(14-4-6-15(21)7-5-14)20(25)17(11-22-12)18(24)10-13-2-8-16(23)9-3-13/h2-9,11,20,22-23,25H,10H2,1H3. The monoisotopic (exact) mass is 339 g/mol. The number of ketones is 1. The summed E-state index contributed by atoms with van der Waals surface area (Å²) in [5, 5.41) is 23.0. The van der Waals surface area contributed by atoms with Crippen LogP contribution in [0.4, 0.5) is 4.39 Å². The van der Waals surface area contributed by atoms with Gasteiger partial charge in [0.2, 0.25) is 0 Å². The van der Waals surface area contributed by atoms with E-state index < -0.39 is 6.10 Å². The van der Waals surface area contributed by atoms with Gasteiger partial charge in [-0.1, -0.05) is 24.3 Å². The molecule has 2 aromatic rings. The van der Waals surface area contributed by atoms with Crippen molar-refractivity contribution in [2.75, 3.05) is 0 Å². The number of Topliss-reactive ketones (excluding diaryl/α,β-unsaturated/α-hetero) is 1. The maximum absolute atomic E-state index is 13.1. The number of hydrogen-bond acceptors (Lipinski definition) is 4. The van der Waals surface area contributed by atoms with Gasteiger partial charge in [-0.25, -0.2) is 4.39 Å². The van der Waals surface area contributed by atoms with Crippen molar-refractivity contribution >= 4 is 11.4 Å². The molecule has 0 radical (unpaired) electrons. The molecule has 0 saturated heterocycles. The molecule has 0 bridgehead atoms. The van der Waals surface area contributed by atoms with Gasteiger partial charge in [0.25, 0.3) is 0 Å². The fraction of sp³-hybridized carbons (Fsp3) is 0.150. The van der Waals surface area contributed by atoms with Crippen molar-refractivity contribution in [2.24, 2.45) is 0 Å². The molecule has 4 nitrogen and oxygen atoms in total. The van der Waals surface area contributed by atoms with Crippen LogP contribution in [0, 0.1) is 5.82 Å². The fourth-order valence-corrected chi connectivity index (χ4v) is 2.84. The minimum absolute atomic E-state index is 0.112. The topological polar surface area (TPSA) is 69.6 Å². The number of rotatable bonds is 4. The minimum Gasteiger partial charge on any atom is -0.508 e. The molecule has 2 aromatic carbocycles. The van der Waals surface area contributed by atoms with Crippen LogP contribution in [0.15, 0.2) is 66.0 Å². The fourth-order valence-electron chi connectivity index (χ4n) is 2.84. The maximum Gasteiger partial charge on any atom is 0.167 e. The number of benzene rings is 2. The maximum atomic E-state index is 13.1. The van der Waals surface area contributed by atoms with Gasteiger partial charge in [-0.15, -0.1) is 0 Å². The van der Waals surface area contributed by atoms with Gasteiger partial charge < -0.3 is 15.5 Å². The Morgan fingerprint density at radius 3 is 2.40 bits per heavy atom. The number of carbonyl (C=O) groups excluding carboxylic acids is 1. The Hall–Kier alpha value is -2.92. The first-order valence-corrected chi connectivity index (χ1v) is 7.88. The van der Waals surface area contributed by atoms with Crippen LogP contribution in [0.25, 0.3) is 5.57 Å². The van der Waals surface area contributed by atoms with Crippen molar-refractivity contribution in [3.8, 4) is 5.75 Å². The Kier molecular flexibility index (Phi) is 4.67. The molecule has 0 aromatic heterocycles. The molecule has 128 valence electrons. The van der Waals surface area contributed by atoms with Gasteiger partial charge in [0.1, 0.15) is 17.7 Å². The van der Waals surface area contributed by atoms with Crippen molar-refractivity contribution in [3.05, 3.63) is 82.9 Å². The normalized spacial score (nSPS) is 17.1. The second-order valence-corrected chi connectivity index (χ2v) is 5.96. The lowest BCUT2D eigenvalue weighted by atomic mass is 9.88. The Morgan fingerprint density at radius 1 is 1.12 bits per heavy atom. The van der Waals surface area contributed by atoms with Crippen LogP contribution in [-0.2, 0) is 11.2 Å².